The molecule has 0 saturated carbocycles. The van der Waals surface area contributed by atoms with Gasteiger partial charge < -0.3 is 0 Å². The first-order chi connectivity index (χ1) is 11.4. The summed E-state index contributed by atoms with van der Waals surface area (Å²) in [5.41, 5.74) is 0.639. The van der Waals surface area contributed by atoms with E-state index in [1.54, 1.807) is 13.0 Å². The largest absolute Gasteiger partial charge is 0.296 e. The minimum atomic E-state index is -3.40. The van der Waals surface area contributed by atoms with Crippen molar-refractivity contribution in [1.29, 1.82) is 0 Å². The highest BCUT2D eigenvalue weighted by molar-refractivity contribution is 7.92. The topological polar surface area (TPSA) is 92.3 Å². The summed E-state index contributed by atoms with van der Waals surface area (Å²) in [6.45, 7) is 2.15. The standard InChI is InChI=1S/C14H15ClN4O3S2/c1-9-17-18-14(23-9)16-13(20)10-4-5-11(15)12(8-10)19-6-2-3-7-24(19,21)22/h4-5,8H,2-3,6-7H2,1H3,(H,16,18,20). The molecule has 0 radical (unpaired) electrons. The van der Waals surface area contributed by atoms with Crippen molar-refractivity contribution in [1.82, 2.24) is 10.2 Å². The van der Waals surface area contributed by atoms with Crippen molar-refractivity contribution in [2.75, 3.05) is 21.9 Å². The summed E-state index contributed by atoms with van der Waals surface area (Å²) in [6, 6.07) is 4.57. The maximum atomic E-state index is 12.3. The molecule has 1 amide bonds. The molecule has 10 heteroatoms. The Bertz CT molecular complexity index is 882. The van der Waals surface area contributed by atoms with Crippen molar-refractivity contribution < 1.29 is 13.2 Å². The zero-order valence-electron chi connectivity index (χ0n) is 12.8. The molecule has 0 aliphatic carbocycles. The average molecular weight is 387 g/mol. The number of halogens is 1. The van der Waals surface area contributed by atoms with Crippen LogP contribution in [0, 0.1) is 6.92 Å². The summed E-state index contributed by atoms with van der Waals surface area (Å²) < 4.78 is 25.8. The number of amides is 1. The number of carbonyl (C=O) groups is 1. The average Bonchev–Trinajstić information content (AvgIpc) is 2.93. The Balaban J connectivity index is 1.89. The van der Waals surface area contributed by atoms with E-state index in [0.717, 1.165) is 11.4 Å². The van der Waals surface area contributed by atoms with E-state index in [9.17, 15) is 13.2 Å². The van der Waals surface area contributed by atoms with E-state index in [0.29, 0.717) is 34.4 Å². The van der Waals surface area contributed by atoms with Gasteiger partial charge in [0.15, 0.2) is 0 Å². The molecule has 0 bridgehead atoms. The molecule has 128 valence electrons. The number of aryl methyl sites for hydroxylation is 1. The van der Waals surface area contributed by atoms with Gasteiger partial charge in [-0.05, 0) is 38.0 Å². The van der Waals surface area contributed by atoms with Crippen LogP contribution in [0.15, 0.2) is 18.2 Å². The lowest BCUT2D eigenvalue weighted by atomic mass is 10.2. The zero-order valence-corrected chi connectivity index (χ0v) is 15.2. The van der Waals surface area contributed by atoms with E-state index >= 15 is 0 Å². The Morgan fingerprint density at radius 1 is 1.33 bits per heavy atom. The first-order valence-electron chi connectivity index (χ1n) is 7.28. The minimum absolute atomic E-state index is 0.0871. The number of nitrogens with one attached hydrogen (secondary N) is 1. The molecular formula is C14H15ClN4O3S2. The number of carbonyl (C=O) groups excluding carboxylic acids is 1. The number of hydrogen-bond donors (Lipinski definition) is 1. The third-order valence-corrected chi connectivity index (χ3v) is 6.50. The van der Waals surface area contributed by atoms with Crippen molar-refractivity contribution in [2.45, 2.75) is 19.8 Å². The SMILES string of the molecule is Cc1nnc(NC(=O)c2ccc(Cl)c(N3CCCCS3(=O)=O)c2)s1. The fraction of sp³-hybridized carbons (Fsp3) is 0.357. The molecule has 0 atom stereocenters. The second-order valence-corrected chi connectivity index (χ2v) is 8.94. The molecule has 2 heterocycles. The quantitative estimate of drug-likeness (QED) is 0.875. The van der Waals surface area contributed by atoms with Gasteiger partial charge in [-0.25, -0.2) is 8.42 Å². The number of hydrogen-bond acceptors (Lipinski definition) is 6. The van der Waals surface area contributed by atoms with E-state index in [4.69, 9.17) is 11.6 Å². The molecule has 1 aromatic carbocycles. The molecule has 2 aromatic rings. The van der Waals surface area contributed by atoms with Crippen molar-refractivity contribution in [3.8, 4) is 0 Å². The number of anilines is 2. The molecule has 0 unspecified atom stereocenters. The van der Waals surface area contributed by atoms with Gasteiger partial charge in [0.05, 0.1) is 16.5 Å². The Hall–Kier alpha value is -1.71. The zero-order chi connectivity index (χ0) is 17.3. The van der Waals surface area contributed by atoms with Crippen LogP contribution < -0.4 is 9.62 Å². The number of rotatable bonds is 3. The molecule has 1 aliphatic rings. The highest BCUT2D eigenvalue weighted by Gasteiger charge is 2.28. The highest BCUT2D eigenvalue weighted by Crippen LogP contribution is 2.32. The second kappa shape index (κ2) is 6.66. The fourth-order valence-corrected chi connectivity index (χ4v) is 4.92. The Morgan fingerprint density at radius 3 is 2.79 bits per heavy atom. The maximum absolute atomic E-state index is 12.3. The van der Waals surface area contributed by atoms with Gasteiger partial charge in [0, 0.05) is 12.1 Å². The van der Waals surface area contributed by atoms with Crippen LogP contribution in [0.25, 0.3) is 0 Å². The smallest absolute Gasteiger partial charge is 0.257 e. The van der Waals surface area contributed by atoms with E-state index in [1.165, 1.54) is 27.8 Å². The van der Waals surface area contributed by atoms with E-state index in [1.807, 2.05) is 0 Å². The van der Waals surface area contributed by atoms with Crippen molar-refractivity contribution in [3.05, 3.63) is 33.8 Å². The van der Waals surface area contributed by atoms with Gasteiger partial charge in [0.1, 0.15) is 5.01 Å². The van der Waals surface area contributed by atoms with Crippen LogP contribution in [0.2, 0.25) is 5.02 Å². The number of benzene rings is 1. The molecule has 24 heavy (non-hydrogen) atoms. The van der Waals surface area contributed by atoms with Crippen LogP contribution in [0.1, 0.15) is 28.2 Å². The van der Waals surface area contributed by atoms with Crippen LogP contribution in [0.4, 0.5) is 10.8 Å². The van der Waals surface area contributed by atoms with E-state index < -0.39 is 15.9 Å². The molecule has 1 aromatic heterocycles. The normalized spacial score (nSPS) is 16.8. The predicted molar refractivity (Wildman–Crippen MR) is 94.4 cm³/mol. The molecule has 7 nitrogen and oxygen atoms in total. The lowest BCUT2D eigenvalue weighted by Gasteiger charge is -2.29. The Labute approximate surface area is 148 Å². The molecule has 3 rings (SSSR count). The van der Waals surface area contributed by atoms with Crippen LogP contribution in [-0.2, 0) is 10.0 Å². The van der Waals surface area contributed by atoms with Crippen molar-refractivity contribution in [2.24, 2.45) is 0 Å². The second-order valence-electron chi connectivity index (χ2n) is 5.34. The molecular weight excluding hydrogens is 372 g/mol. The van der Waals surface area contributed by atoms with Gasteiger partial charge in [-0.2, -0.15) is 0 Å². The fourth-order valence-electron chi connectivity index (χ4n) is 2.42. The molecule has 1 saturated heterocycles. The summed E-state index contributed by atoms with van der Waals surface area (Å²) >= 11 is 7.43. The van der Waals surface area contributed by atoms with Crippen LogP contribution >= 0.6 is 22.9 Å². The monoisotopic (exact) mass is 386 g/mol. The summed E-state index contributed by atoms with van der Waals surface area (Å²) in [5.74, 6) is -0.303. The predicted octanol–water partition coefficient (Wildman–Crippen LogP) is 2.68. The number of aromatic nitrogens is 2. The van der Waals surface area contributed by atoms with Gasteiger partial charge in [-0.3, -0.25) is 14.4 Å². The minimum Gasteiger partial charge on any atom is -0.296 e. The van der Waals surface area contributed by atoms with Crippen LogP contribution in [0.5, 0.6) is 0 Å². The van der Waals surface area contributed by atoms with Gasteiger partial charge in [-0.15, -0.1) is 10.2 Å². The lowest BCUT2D eigenvalue weighted by Crippen LogP contribution is -2.38. The van der Waals surface area contributed by atoms with E-state index in [-0.39, 0.29) is 5.75 Å². The Morgan fingerprint density at radius 2 is 2.12 bits per heavy atom. The van der Waals surface area contributed by atoms with Crippen LogP contribution in [0.3, 0.4) is 0 Å². The summed E-state index contributed by atoms with van der Waals surface area (Å²) in [7, 11) is -3.40. The summed E-state index contributed by atoms with van der Waals surface area (Å²) in [6.07, 6.45) is 1.39. The lowest BCUT2D eigenvalue weighted by molar-refractivity contribution is 0.102. The maximum Gasteiger partial charge on any atom is 0.257 e. The van der Waals surface area contributed by atoms with Crippen molar-refractivity contribution in [3.63, 3.8) is 0 Å². The number of sulfonamides is 1. The highest BCUT2D eigenvalue weighted by atomic mass is 35.5. The third-order valence-electron chi connectivity index (χ3n) is 3.57. The van der Waals surface area contributed by atoms with Gasteiger partial charge in [-0.1, -0.05) is 22.9 Å². The molecule has 1 N–H and O–H groups in total. The third kappa shape index (κ3) is 3.52. The summed E-state index contributed by atoms with van der Waals surface area (Å²) in [4.78, 5) is 12.3. The first kappa shape index (κ1) is 17.1. The van der Waals surface area contributed by atoms with Gasteiger partial charge in [0.25, 0.3) is 5.91 Å². The van der Waals surface area contributed by atoms with Crippen LogP contribution in [-0.4, -0.2) is 36.8 Å². The molecule has 1 fully saturated rings. The van der Waals surface area contributed by atoms with Gasteiger partial charge in [0.2, 0.25) is 15.2 Å². The summed E-state index contributed by atoms with van der Waals surface area (Å²) in [5, 5.41) is 11.7. The molecule has 0 spiro atoms. The van der Waals surface area contributed by atoms with E-state index in [2.05, 4.69) is 15.5 Å². The number of nitrogens with zero attached hydrogens (tertiary/aromatic N) is 3. The van der Waals surface area contributed by atoms with Crippen molar-refractivity contribution >= 4 is 49.7 Å². The van der Waals surface area contributed by atoms with Gasteiger partial charge >= 0.3 is 0 Å². The Kier molecular flexibility index (Phi) is 4.75. The first-order valence-corrected chi connectivity index (χ1v) is 10.1. The molecule has 1 aliphatic heterocycles.